The van der Waals surface area contributed by atoms with Crippen molar-refractivity contribution in [1.82, 2.24) is 10.6 Å². The van der Waals surface area contributed by atoms with E-state index in [1.807, 2.05) is 36.0 Å². The predicted molar refractivity (Wildman–Crippen MR) is 92.6 cm³/mol. The van der Waals surface area contributed by atoms with E-state index in [1.165, 1.54) is 11.3 Å². The molecule has 0 bridgehead atoms. The van der Waals surface area contributed by atoms with E-state index in [9.17, 15) is 4.79 Å². The van der Waals surface area contributed by atoms with Crippen LogP contribution in [0.2, 0.25) is 0 Å². The molecular formula is C16H25ClN2OS. The largest absolute Gasteiger partial charge is 0.352 e. The first-order valence-corrected chi connectivity index (χ1v) is 8.29. The van der Waals surface area contributed by atoms with Gasteiger partial charge in [0.2, 0.25) is 0 Å². The average molecular weight is 329 g/mol. The Kier molecular flexibility index (Phi) is 8.15. The van der Waals surface area contributed by atoms with E-state index in [2.05, 4.69) is 24.5 Å². The SMILES string of the molecule is CC(C)Sc1ccc(C(=O)NCCC2CCNC2)cc1.Cl. The number of carbonyl (C=O) groups excluding carboxylic acids is 1. The Morgan fingerprint density at radius 3 is 2.67 bits per heavy atom. The third-order valence-electron chi connectivity index (χ3n) is 3.49. The van der Waals surface area contributed by atoms with Gasteiger partial charge in [-0.2, -0.15) is 0 Å². The minimum absolute atomic E-state index is 0. The molecule has 1 saturated heterocycles. The van der Waals surface area contributed by atoms with Gasteiger partial charge in [0.15, 0.2) is 0 Å². The molecule has 1 amide bonds. The molecule has 3 nitrogen and oxygen atoms in total. The molecule has 21 heavy (non-hydrogen) atoms. The maximum Gasteiger partial charge on any atom is 0.251 e. The summed E-state index contributed by atoms with van der Waals surface area (Å²) in [5, 5.41) is 6.93. The summed E-state index contributed by atoms with van der Waals surface area (Å²) < 4.78 is 0. The van der Waals surface area contributed by atoms with E-state index in [0.717, 1.165) is 37.5 Å². The number of hydrogen-bond donors (Lipinski definition) is 2. The zero-order valence-electron chi connectivity index (χ0n) is 12.7. The van der Waals surface area contributed by atoms with Crippen molar-refractivity contribution in [2.24, 2.45) is 5.92 Å². The molecule has 0 aromatic heterocycles. The third-order valence-corrected chi connectivity index (χ3v) is 4.50. The van der Waals surface area contributed by atoms with E-state index in [0.29, 0.717) is 5.25 Å². The van der Waals surface area contributed by atoms with Gasteiger partial charge in [-0.1, -0.05) is 13.8 Å². The smallest absolute Gasteiger partial charge is 0.251 e. The van der Waals surface area contributed by atoms with Gasteiger partial charge in [0.1, 0.15) is 0 Å². The highest BCUT2D eigenvalue weighted by molar-refractivity contribution is 7.99. The Morgan fingerprint density at radius 2 is 2.10 bits per heavy atom. The van der Waals surface area contributed by atoms with E-state index >= 15 is 0 Å². The lowest BCUT2D eigenvalue weighted by Crippen LogP contribution is -2.26. The van der Waals surface area contributed by atoms with Crippen molar-refractivity contribution in [3.63, 3.8) is 0 Å². The lowest BCUT2D eigenvalue weighted by molar-refractivity contribution is 0.0951. The van der Waals surface area contributed by atoms with Crippen LogP contribution in [-0.2, 0) is 0 Å². The molecule has 1 aliphatic heterocycles. The van der Waals surface area contributed by atoms with Crippen molar-refractivity contribution in [3.05, 3.63) is 29.8 Å². The number of nitrogens with one attached hydrogen (secondary N) is 2. The quantitative estimate of drug-likeness (QED) is 0.787. The van der Waals surface area contributed by atoms with Crippen molar-refractivity contribution in [3.8, 4) is 0 Å². The highest BCUT2D eigenvalue weighted by atomic mass is 35.5. The second-order valence-corrected chi connectivity index (χ2v) is 7.24. The number of benzene rings is 1. The fourth-order valence-electron chi connectivity index (χ4n) is 2.41. The molecule has 1 atom stereocenters. The fourth-order valence-corrected chi connectivity index (χ4v) is 3.25. The van der Waals surface area contributed by atoms with Crippen LogP contribution in [0.1, 0.15) is 37.0 Å². The first-order valence-electron chi connectivity index (χ1n) is 7.41. The molecule has 2 N–H and O–H groups in total. The maximum absolute atomic E-state index is 12.0. The van der Waals surface area contributed by atoms with E-state index < -0.39 is 0 Å². The van der Waals surface area contributed by atoms with Crippen molar-refractivity contribution < 1.29 is 4.79 Å². The van der Waals surface area contributed by atoms with E-state index in [4.69, 9.17) is 0 Å². The van der Waals surface area contributed by atoms with Crippen molar-refractivity contribution >= 4 is 30.1 Å². The number of thioether (sulfide) groups is 1. The van der Waals surface area contributed by atoms with Gasteiger partial charge >= 0.3 is 0 Å². The van der Waals surface area contributed by atoms with Crippen LogP contribution >= 0.6 is 24.2 Å². The normalized spacial score (nSPS) is 17.6. The molecular weight excluding hydrogens is 304 g/mol. The summed E-state index contributed by atoms with van der Waals surface area (Å²) in [7, 11) is 0. The average Bonchev–Trinajstić information content (AvgIpc) is 2.92. The summed E-state index contributed by atoms with van der Waals surface area (Å²) >= 11 is 1.81. The summed E-state index contributed by atoms with van der Waals surface area (Å²) in [6.07, 6.45) is 2.30. The summed E-state index contributed by atoms with van der Waals surface area (Å²) in [6.45, 7) is 7.32. The highest BCUT2D eigenvalue weighted by Gasteiger charge is 2.14. The maximum atomic E-state index is 12.0. The minimum Gasteiger partial charge on any atom is -0.352 e. The van der Waals surface area contributed by atoms with Gasteiger partial charge in [0, 0.05) is 22.3 Å². The molecule has 1 aromatic carbocycles. The summed E-state index contributed by atoms with van der Waals surface area (Å²) in [5.74, 6) is 0.761. The monoisotopic (exact) mass is 328 g/mol. The van der Waals surface area contributed by atoms with Crippen molar-refractivity contribution in [2.45, 2.75) is 36.8 Å². The number of rotatable bonds is 6. The second kappa shape index (κ2) is 9.34. The lowest BCUT2D eigenvalue weighted by Gasteiger charge is -2.10. The van der Waals surface area contributed by atoms with Crippen LogP contribution in [0, 0.1) is 5.92 Å². The molecule has 0 aliphatic carbocycles. The van der Waals surface area contributed by atoms with Gasteiger partial charge in [-0.15, -0.1) is 24.2 Å². The van der Waals surface area contributed by atoms with Crippen LogP contribution in [0.3, 0.4) is 0 Å². The molecule has 2 rings (SSSR count). The van der Waals surface area contributed by atoms with Crippen LogP contribution in [0.15, 0.2) is 29.2 Å². The Morgan fingerprint density at radius 1 is 1.38 bits per heavy atom. The Hall–Kier alpha value is -0.710. The first-order chi connectivity index (χ1) is 9.65. The second-order valence-electron chi connectivity index (χ2n) is 5.59. The molecule has 118 valence electrons. The predicted octanol–water partition coefficient (Wildman–Crippen LogP) is 3.34. The van der Waals surface area contributed by atoms with Gasteiger partial charge in [-0.3, -0.25) is 4.79 Å². The lowest BCUT2D eigenvalue weighted by atomic mass is 10.1. The van der Waals surface area contributed by atoms with E-state index in [-0.39, 0.29) is 18.3 Å². The number of carbonyl (C=O) groups is 1. The highest BCUT2D eigenvalue weighted by Crippen LogP contribution is 2.22. The molecule has 0 radical (unpaired) electrons. The van der Waals surface area contributed by atoms with Crippen molar-refractivity contribution in [1.29, 1.82) is 0 Å². The number of amides is 1. The molecule has 1 heterocycles. The molecule has 1 aromatic rings. The van der Waals surface area contributed by atoms with Crippen LogP contribution in [0.25, 0.3) is 0 Å². The van der Waals surface area contributed by atoms with Crippen LogP contribution in [0.4, 0.5) is 0 Å². The summed E-state index contributed by atoms with van der Waals surface area (Å²) in [6, 6.07) is 7.88. The molecule has 0 saturated carbocycles. The van der Waals surface area contributed by atoms with Crippen LogP contribution < -0.4 is 10.6 Å². The standard InChI is InChI=1S/C16H24N2OS.ClH/c1-12(2)20-15-5-3-14(4-6-15)16(19)18-10-8-13-7-9-17-11-13;/h3-6,12-13,17H,7-11H2,1-2H3,(H,18,19);1H. The summed E-state index contributed by atoms with van der Waals surface area (Å²) in [5.41, 5.74) is 0.752. The van der Waals surface area contributed by atoms with Crippen LogP contribution in [-0.4, -0.2) is 30.8 Å². The molecule has 0 spiro atoms. The Bertz CT molecular complexity index is 430. The Labute approximate surface area is 138 Å². The van der Waals surface area contributed by atoms with Gasteiger partial charge in [-0.25, -0.2) is 0 Å². The summed E-state index contributed by atoms with van der Waals surface area (Å²) in [4.78, 5) is 13.2. The molecule has 1 aliphatic rings. The molecule has 1 unspecified atom stereocenters. The van der Waals surface area contributed by atoms with Gasteiger partial charge in [0.05, 0.1) is 0 Å². The van der Waals surface area contributed by atoms with Crippen LogP contribution in [0.5, 0.6) is 0 Å². The Balaban J connectivity index is 0.00000220. The minimum atomic E-state index is 0. The third kappa shape index (κ3) is 6.29. The molecule has 1 fully saturated rings. The first kappa shape index (κ1) is 18.3. The zero-order valence-corrected chi connectivity index (χ0v) is 14.4. The number of halogens is 1. The van der Waals surface area contributed by atoms with Gasteiger partial charge in [0.25, 0.3) is 5.91 Å². The zero-order chi connectivity index (χ0) is 14.4. The van der Waals surface area contributed by atoms with Gasteiger partial charge < -0.3 is 10.6 Å². The van der Waals surface area contributed by atoms with E-state index in [1.54, 1.807) is 0 Å². The number of hydrogen-bond acceptors (Lipinski definition) is 3. The van der Waals surface area contributed by atoms with Gasteiger partial charge in [-0.05, 0) is 56.1 Å². The molecule has 5 heteroatoms. The fraction of sp³-hybridized carbons (Fsp3) is 0.562. The topological polar surface area (TPSA) is 41.1 Å². The van der Waals surface area contributed by atoms with Crippen molar-refractivity contribution in [2.75, 3.05) is 19.6 Å².